The number of hydrogen-bond acceptors (Lipinski definition) is 4. The van der Waals surface area contributed by atoms with Gasteiger partial charge in [0.15, 0.2) is 0 Å². The maximum absolute atomic E-state index is 11.6. The average molecular weight is 251 g/mol. The number of methoxy groups -OCH3 is 1. The highest BCUT2D eigenvalue weighted by molar-refractivity contribution is 6.05. The van der Waals surface area contributed by atoms with Crippen LogP contribution in [0.1, 0.15) is 12.0 Å². The number of nitrogens with two attached hydrogens (primary N) is 1. The number of amides is 1. The van der Waals surface area contributed by atoms with Gasteiger partial charge in [-0.15, -0.1) is 0 Å². The number of hydrogen-bond donors (Lipinski definition) is 3. The minimum atomic E-state index is -0.324. The van der Waals surface area contributed by atoms with Crippen LogP contribution in [0.25, 0.3) is 0 Å². The molecule has 0 saturated heterocycles. The molecule has 0 unspecified atom stereocenters. The summed E-state index contributed by atoms with van der Waals surface area (Å²) in [6, 6.07) is 7.44. The number of carbonyl (C=O) groups is 1. The Morgan fingerprint density at radius 3 is 2.89 bits per heavy atom. The minimum absolute atomic E-state index is 0.123. The topological polar surface area (TPSA) is 96.9 Å². The van der Waals surface area contributed by atoms with Crippen molar-refractivity contribution in [2.45, 2.75) is 12.8 Å². The van der Waals surface area contributed by atoms with Crippen molar-refractivity contribution in [1.82, 2.24) is 0 Å². The third-order valence-corrected chi connectivity index (χ3v) is 2.34. The van der Waals surface area contributed by atoms with Crippen LogP contribution in [0.2, 0.25) is 0 Å². The third kappa shape index (κ3) is 4.42. The van der Waals surface area contributed by atoms with E-state index >= 15 is 0 Å². The summed E-state index contributed by atoms with van der Waals surface area (Å²) in [7, 11) is 1.62. The largest absolute Gasteiger partial charge is 0.409 e. The van der Waals surface area contributed by atoms with E-state index in [1.807, 2.05) is 18.2 Å². The predicted molar refractivity (Wildman–Crippen MR) is 68.7 cm³/mol. The summed E-state index contributed by atoms with van der Waals surface area (Å²) in [5.74, 6) is -0.447. The number of oxime groups is 1. The number of nitrogens with zero attached hydrogens (tertiary/aromatic N) is 1. The number of amidine groups is 1. The highest BCUT2D eigenvalue weighted by Crippen LogP contribution is 2.15. The molecule has 0 saturated carbocycles. The number of anilines is 1. The van der Waals surface area contributed by atoms with Gasteiger partial charge in [-0.05, 0) is 18.1 Å². The zero-order valence-electron chi connectivity index (χ0n) is 10.2. The summed E-state index contributed by atoms with van der Waals surface area (Å²) < 4.78 is 5.00. The molecule has 0 heterocycles. The first-order valence-corrected chi connectivity index (χ1v) is 5.50. The van der Waals surface area contributed by atoms with Crippen LogP contribution < -0.4 is 11.1 Å². The Morgan fingerprint density at radius 2 is 2.22 bits per heavy atom. The van der Waals surface area contributed by atoms with Gasteiger partial charge in [-0.25, -0.2) is 0 Å². The lowest BCUT2D eigenvalue weighted by molar-refractivity contribution is -0.115. The van der Waals surface area contributed by atoms with Crippen molar-refractivity contribution in [2.24, 2.45) is 10.9 Å². The van der Waals surface area contributed by atoms with Crippen LogP contribution in [-0.4, -0.2) is 30.7 Å². The lowest BCUT2D eigenvalue weighted by Crippen LogP contribution is -2.22. The van der Waals surface area contributed by atoms with E-state index in [2.05, 4.69) is 10.5 Å². The average Bonchev–Trinajstić information content (AvgIpc) is 2.37. The number of nitrogens with one attached hydrogen (secondary N) is 1. The molecular weight excluding hydrogens is 234 g/mol. The van der Waals surface area contributed by atoms with Crippen LogP contribution >= 0.6 is 0 Å². The second-order valence-electron chi connectivity index (χ2n) is 3.72. The van der Waals surface area contributed by atoms with Crippen molar-refractivity contribution >= 4 is 17.4 Å². The first kappa shape index (κ1) is 14.0. The normalized spacial score (nSPS) is 11.3. The molecule has 0 aromatic heterocycles. The fourth-order valence-electron chi connectivity index (χ4n) is 1.47. The molecule has 0 fully saturated rings. The monoisotopic (exact) mass is 251 g/mol. The molecule has 0 bridgehead atoms. The van der Waals surface area contributed by atoms with Crippen molar-refractivity contribution in [2.75, 3.05) is 19.0 Å². The Morgan fingerprint density at radius 1 is 1.50 bits per heavy atom. The Bertz CT molecular complexity index is 432. The summed E-state index contributed by atoms with van der Waals surface area (Å²) in [4.78, 5) is 11.6. The SMILES string of the molecule is COCCc1ccccc1NC(=O)C/C(N)=N/O. The van der Waals surface area contributed by atoms with E-state index in [4.69, 9.17) is 15.7 Å². The molecule has 1 amide bonds. The molecule has 0 spiro atoms. The van der Waals surface area contributed by atoms with Gasteiger partial charge in [-0.2, -0.15) is 0 Å². The highest BCUT2D eigenvalue weighted by atomic mass is 16.5. The van der Waals surface area contributed by atoms with Gasteiger partial charge in [0.2, 0.25) is 5.91 Å². The third-order valence-electron chi connectivity index (χ3n) is 2.34. The van der Waals surface area contributed by atoms with Gasteiger partial charge in [0, 0.05) is 12.8 Å². The van der Waals surface area contributed by atoms with Crippen LogP contribution in [-0.2, 0) is 16.0 Å². The Balaban J connectivity index is 2.68. The van der Waals surface area contributed by atoms with E-state index in [1.54, 1.807) is 13.2 Å². The zero-order chi connectivity index (χ0) is 13.4. The van der Waals surface area contributed by atoms with Crippen LogP contribution in [0.3, 0.4) is 0 Å². The minimum Gasteiger partial charge on any atom is -0.409 e. The quantitative estimate of drug-likeness (QED) is 0.303. The van der Waals surface area contributed by atoms with E-state index in [-0.39, 0.29) is 18.2 Å². The molecule has 0 atom stereocenters. The van der Waals surface area contributed by atoms with E-state index in [1.165, 1.54) is 0 Å². The van der Waals surface area contributed by atoms with Crippen LogP contribution in [0, 0.1) is 0 Å². The van der Waals surface area contributed by atoms with Gasteiger partial charge in [-0.1, -0.05) is 23.4 Å². The highest BCUT2D eigenvalue weighted by Gasteiger charge is 2.08. The van der Waals surface area contributed by atoms with Crippen LogP contribution in [0.15, 0.2) is 29.4 Å². The Kier molecular flexibility index (Phi) is 5.66. The first-order valence-electron chi connectivity index (χ1n) is 5.50. The van der Waals surface area contributed by atoms with Gasteiger partial charge in [-0.3, -0.25) is 4.79 Å². The maximum Gasteiger partial charge on any atom is 0.232 e. The second kappa shape index (κ2) is 7.29. The van der Waals surface area contributed by atoms with Gasteiger partial charge < -0.3 is 21.0 Å². The van der Waals surface area contributed by atoms with E-state index in [0.29, 0.717) is 18.7 Å². The van der Waals surface area contributed by atoms with E-state index in [9.17, 15) is 4.79 Å². The molecule has 98 valence electrons. The molecule has 1 aromatic carbocycles. The lowest BCUT2D eigenvalue weighted by Gasteiger charge is -2.10. The second-order valence-corrected chi connectivity index (χ2v) is 3.72. The molecular formula is C12H17N3O3. The maximum atomic E-state index is 11.6. The van der Waals surface area contributed by atoms with E-state index < -0.39 is 0 Å². The van der Waals surface area contributed by atoms with Crippen molar-refractivity contribution in [1.29, 1.82) is 0 Å². The summed E-state index contributed by atoms with van der Waals surface area (Å²) in [6.45, 7) is 0.577. The Labute approximate surface area is 105 Å². The summed E-state index contributed by atoms with van der Waals surface area (Å²) >= 11 is 0. The predicted octanol–water partition coefficient (Wildman–Crippen LogP) is 0.950. The number of ether oxygens (including phenoxy) is 1. The molecule has 1 aromatic rings. The smallest absolute Gasteiger partial charge is 0.232 e. The summed E-state index contributed by atoms with van der Waals surface area (Å²) in [6.07, 6.45) is 0.561. The number of carbonyl (C=O) groups excluding carboxylic acids is 1. The van der Waals surface area contributed by atoms with Crippen molar-refractivity contribution < 1.29 is 14.7 Å². The van der Waals surface area contributed by atoms with Crippen molar-refractivity contribution in [3.63, 3.8) is 0 Å². The molecule has 1 rings (SSSR count). The van der Waals surface area contributed by atoms with Crippen LogP contribution in [0.5, 0.6) is 0 Å². The van der Waals surface area contributed by atoms with Gasteiger partial charge in [0.1, 0.15) is 5.84 Å². The van der Waals surface area contributed by atoms with Gasteiger partial charge >= 0.3 is 0 Å². The molecule has 18 heavy (non-hydrogen) atoms. The molecule has 6 nitrogen and oxygen atoms in total. The molecule has 0 radical (unpaired) electrons. The van der Waals surface area contributed by atoms with Gasteiger partial charge in [0.25, 0.3) is 0 Å². The van der Waals surface area contributed by atoms with Crippen molar-refractivity contribution in [3.8, 4) is 0 Å². The van der Waals surface area contributed by atoms with Crippen molar-refractivity contribution in [3.05, 3.63) is 29.8 Å². The summed E-state index contributed by atoms with van der Waals surface area (Å²) in [5, 5.41) is 13.9. The molecule has 4 N–H and O–H groups in total. The fourth-order valence-corrected chi connectivity index (χ4v) is 1.47. The molecule has 0 aliphatic heterocycles. The molecule has 6 heteroatoms. The van der Waals surface area contributed by atoms with Gasteiger partial charge in [0.05, 0.1) is 13.0 Å². The zero-order valence-corrected chi connectivity index (χ0v) is 10.2. The summed E-state index contributed by atoms with van der Waals surface area (Å²) in [5.41, 5.74) is 6.96. The first-order chi connectivity index (χ1) is 8.67. The van der Waals surface area contributed by atoms with Crippen LogP contribution in [0.4, 0.5) is 5.69 Å². The fraction of sp³-hybridized carbons (Fsp3) is 0.333. The standard InChI is InChI=1S/C12H17N3O3/c1-18-7-6-9-4-2-3-5-10(9)14-12(16)8-11(13)15-17/h2-5,17H,6-8H2,1H3,(H2,13,15)(H,14,16). The lowest BCUT2D eigenvalue weighted by atomic mass is 10.1. The molecule has 0 aliphatic rings. The number of para-hydroxylation sites is 1. The van der Waals surface area contributed by atoms with E-state index in [0.717, 1.165) is 5.56 Å². The Hall–Kier alpha value is -2.08. The number of benzene rings is 1. The molecule has 0 aliphatic carbocycles. The number of rotatable bonds is 6.